The van der Waals surface area contributed by atoms with Crippen molar-refractivity contribution in [2.45, 2.75) is 26.7 Å². The fraction of sp³-hybridized carbons (Fsp3) is 0.846. The van der Waals surface area contributed by atoms with Crippen molar-refractivity contribution >= 4 is 11.9 Å². The maximum absolute atomic E-state index is 11.9. The first-order chi connectivity index (χ1) is 8.54. The Balaban J connectivity index is 2.29. The predicted molar refractivity (Wildman–Crippen MR) is 69.1 cm³/mol. The van der Waals surface area contributed by atoms with Gasteiger partial charge in [0.25, 0.3) is 0 Å². The van der Waals surface area contributed by atoms with Crippen LogP contribution in [0.2, 0.25) is 0 Å². The highest BCUT2D eigenvalue weighted by atomic mass is 16.5. The highest BCUT2D eigenvalue weighted by Crippen LogP contribution is 2.08. The fourth-order valence-corrected chi connectivity index (χ4v) is 2.19. The predicted octanol–water partition coefficient (Wildman–Crippen LogP) is 0.740. The van der Waals surface area contributed by atoms with E-state index >= 15 is 0 Å². The van der Waals surface area contributed by atoms with Crippen LogP contribution in [0.4, 0.5) is 0 Å². The van der Waals surface area contributed by atoms with E-state index in [4.69, 9.17) is 4.74 Å². The Morgan fingerprint density at radius 1 is 1.33 bits per heavy atom. The Hall–Kier alpha value is -1.10. The number of carbonyl (C=O) groups excluding carboxylic acids is 2. The molecule has 0 aliphatic carbocycles. The van der Waals surface area contributed by atoms with Crippen molar-refractivity contribution in [1.29, 1.82) is 0 Å². The Labute approximate surface area is 109 Å². The van der Waals surface area contributed by atoms with Gasteiger partial charge in [0, 0.05) is 19.6 Å². The molecule has 1 saturated heterocycles. The van der Waals surface area contributed by atoms with Crippen LogP contribution in [0, 0.1) is 5.92 Å². The first kappa shape index (κ1) is 15.0. The van der Waals surface area contributed by atoms with Gasteiger partial charge in [-0.25, -0.2) is 0 Å². The summed E-state index contributed by atoms with van der Waals surface area (Å²) in [5.74, 6) is -0.231. The normalized spacial score (nSPS) is 17.0. The summed E-state index contributed by atoms with van der Waals surface area (Å²) in [6, 6.07) is 0. The van der Waals surface area contributed by atoms with Gasteiger partial charge in [-0.05, 0) is 26.8 Å². The van der Waals surface area contributed by atoms with Crippen molar-refractivity contribution < 1.29 is 14.3 Å². The van der Waals surface area contributed by atoms with Gasteiger partial charge in [0.05, 0.1) is 19.1 Å². The summed E-state index contributed by atoms with van der Waals surface area (Å²) < 4.78 is 4.95. The van der Waals surface area contributed by atoms with Crippen LogP contribution in [0.5, 0.6) is 0 Å². The van der Waals surface area contributed by atoms with Gasteiger partial charge < -0.3 is 9.64 Å². The number of ether oxygens (including phenoxy) is 1. The molecule has 104 valence electrons. The number of rotatable bonds is 6. The van der Waals surface area contributed by atoms with Crippen molar-refractivity contribution in [1.82, 2.24) is 9.80 Å². The van der Waals surface area contributed by atoms with Crippen LogP contribution in [0.1, 0.15) is 26.7 Å². The van der Waals surface area contributed by atoms with Gasteiger partial charge in [0.15, 0.2) is 0 Å². The van der Waals surface area contributed by atoms with E-state index < -0.39 is 0 Å². The highest BCUT2D eigenvalue weighted by molar-refractivity contribution is 5.78. The standard InChI is InChI=1S/C13H24N2O3/c1-4-18-13(17)11(2)9-14(3)10-12(16)15-7-5-6-8-15/h11H,4-10H2,1-3H3. The minimum Gasteiger partial charge on any atom is -0.466 e. The van der Waals surface area contributed by atoms with Gasteiger partial charge in [-0.3, -0.25) is 14.5 Å². The summed E-state index contributed by atoms with van der Waals surface area (Å²) in [5, 5.41) is 0. The third-order valence-electron chi connectivity index (χ3n) is 3.14. The van der Waals surface area contributed by atoms with E-state index in [1.807, 2.05) is 23.8 Å². The van der Waals surface area contributed by atoms with E-state index in [1.54, 1.807) is 6.92 Å². The molecule has 1 aliphatic heterocycles. The molecule has 1 fully saturated rings. The van der Waals surface area contributed by atoms with Crippen molar-refractivity contribution in [3.8, 4) is 0 Å². The molecule has 0 radical (unpaired) electrons. The number of carbonyl (C=O) groups is 2. The molecule has 0 N–H and O–H groups in total. The largest absolute Gasteiger partial charge is 0.466 e. The van der Waals surface area contributed by atoms with E-state index in [1.165, 1.54) is 0 Å². The second kappa shape index (κ2) is 7.36. The van der Waals surface area contributed by atoms with Gasteiger partial charge in [0.1, 0.15) is 0 Å². The van der Waals surface area contributed by atoms with E-state index in [0.717, 1.165) is 25.9 Å². The lowest BCUT2D eigenvalue weighted by atomic mass is 10.2. The molecule has 0 aromatic heterocycles. The summed E-state index contributed by atoms with van der Waals surface area (Å²) in [4.78, 5) is 27.2. The minimum atomic E-state index is -0.196. The average Bonchev–Trinajstić information content (AvgIpc) is 2.82. The van der Waals surface area contributed by atoms with Crippen LogP contribution < -0.4 is 0 Å². The zero-order valence-electron chi connectivity index (χ0n) is 11.6. The first-order valence-corrected chi connectivity index (χ1v) is 6.67. The number of nitrogens with zero attached hydrogens (tertiary/aromatic N) is 2. The molecule has 5 heteroatoms. The molecule has 1 rings (SSSR count). The molecule has 1 unspecified atom stereocenters. The number of hydrogen-bond acceptors (Lipinski definition) is 4. The van der Waals surface area contributed by atoms with Crippen molar-refractivity contribution in [3.05, 3.63) is 0 Å². The zero-order chi connectivity index (χ0) is 13.5. The molecule has 0 spiro atoms. The molecule has 0 aromatic carbocycles. The number of likely N-dealkylation sites (tertiary alicyclic amines) is 1. The Kier molecular flexibility index (Phi) is 6.12. The molecule has 18 heavy (non-hydrogen) atoms. The fourth-order valence-electron chi connectivity index (χ4n) is 2.19. The summed E-state index contributed by atoms with van der Waals surface area (Å²) in [5.41, 5.74) is 0. The number of amides is 1. The van der Waals surface area contributed by atoms with Gasteiger partial charge in [0.2, 0.25) is 5.91 Å². The lowest BCUT2D eigenvalue weighted by Crippen LogP contribution is -2.39. The maximum Gasteiger partial charge on any atom is 0.309 e. The maximum atomic E-state index is 11.9. The Morgan fingerprint density at radius 2 is 1.94 bits per heavy atom. The first-order valence-electron chi connectivity index (χ1n) is 6.67. The molecular formula is C13H24N2O3. The van der Waals surface area contributed by atoms with Crippen LogP contribution >= 0.6 is 0 Å². The monoisotopic (exact) mass is 256 g/mol. The summed E-state index contributed by atoms with van der Waals surface area (Å²) in [7, 11) is 1.86. The quantitative estimate of drug-likeness (QED) is 0.658. The molecular weight excluding hydrogens is 232 g/mol. The number of esters is 1. The lowest BCUT2D eigenvalue weighted by Gasteiger charge is -2.23. The van der Waals surface area contributed by atoms with Crippen LogP contribution in [0.3, 0.4) is 0 Å². The molecule has 5 nitrogen and oxygen atoms in total. The molecule has 1 atom stereocenters. The summed E-state index contributed by atoms with van der Waals surface area (Å²) >= 11 is 0. The summed E-state index contributed by atoms with van der Waals surface area (Å²) in [6.07, 6.45) is 2.21. The van der Waals surface area contributed by atoms with Gasteiger partial charge in [-0.1, -0.05) is 6.92 Å². The molecule has 1 amide bonds. The van der Waals surface area contributed by atoms with E-state index in [-0.39, 0.29) is 17.8 Å². The van der Waals surface area contributed by atoms with Crippen molar-refractivity contribution in [3.63, 3.8) is 0 Å². The average molecular weight is 256 g/mol. The lowest BCUT2D eigenvalue weighted by molar-refractivity contribution is -0.148. The molecule has 1 heterocycles. The Bertz CT molecular complexity index is 288. The van der Waals surface area contributed by atoms with Crippen LogP contribution in [-0.4, -0.2) is 61.5 Å². The van der Waals surface area contributed by atoms with E-state index in [2.05, 4.69) is 0 Å². The second-order valence-corrected chi connectivity index (χ2v) is 4.94. The molecule has 0 aromatic rings. The SMILES string of the molecule is CCOC(=O)C(C)CN(C)CC(=O)N1CCCC1. The van der Waals surface area contributed by atoms with E-state index in [9.17, 15) is 9.59 Å². The van der Waals surface area contributed by atoms with Gasteiger partial charge in [-0.15, -0.1) is 0 Å². The van der Waals surface area contributed by atoms with Gasteiger partial charge in [-0.2, -0.15) is 0 Å². The molecule has 1 aliphatic rings. The van der Waals surface area contributed by atoms with Crippen LogP contribution in [0.25, 0.3) is 0 Å². The topological polar surface area (TPSA) is 49.9 Å². The third-order valence-corrected chi connectivity index (χ3v) is 3.14. The number of hydrogen-bond donors (Lipinski definition) is 0. The minimum absolute atomic E-state index is 0.158. The molecule has 0 bridgehead atoms. The zero-order valence-corrected chi connectivity index (χ0v) is 11.6. The van der Waals surface area contributed by atoms with Crippen molar-refractivity contribution in [2.24, 2.45) is 5.92 Å². The second-order valence-electron chi connectivity index (χ2n) is 4.94. The van der Waals surface area contributed by atoms with Crippen LogP contribution in [-0.2, 0) is 14.3 Å². The Morgan fingerprint density at radius 3 is 2.50 bits per heavy atom. The third kappa shape index (κ3) is 4.64. The van der Waals surface area contributed by atoms with E-state index in [0.29, 0.717) is 19.7 Å². The smallest absolute Gasteiger partial charge is 0.309 e. The number of likely N-dealkylation sites (N-methyl/N-ethyl adjacent to an activating group) is 1. The van der Waals surface area contributed by atoms with Crippen LogP contribution in [0.15, 0.2) is 0 Å². The molecule has 0 saturated carbocycles. The highest BCUT2D eigenvalue weighted by Gasteiger charge is 2.21. The summed E-state index contributed by atoms with van der Waals surface area (Å²) in [6.45, 7) is 6.71. The van der Waals surface area contributed by atoms with Crippen molar-refractivity contribution in [2.75, 3.05) is 39.8 Å². The van der Waals surface area contributed by atoms with Gasteiger partial charge >= 0.3 is 5.97 Å².